The number of benzene rings is 1. The summed E-state index contributed by atoms with van der Waals surface area (Å²) in [6.07, 6.45) is 1.05. The summed E-state index contributed by atoms with van der Waals surface area (Å²) in [5.74, 6) is 3.11. The quantitative estimate of drug-likeness (QED) is 0.350. The molecule has 0 spiro atoms. The van der Waals surface area contributed by atoms with E-state index in [1.165, 1.54) is 0 Å². The van der Waals surface area contributed by atoms with Gasteiger partial charge in [-0.05, 0) is 37.0 Å². The molecule has 3 nitrogen and oxygen atoms in total. The van der Waals surface area contributed by atoms with Crippen LogP contribution in [0.4, 0.5) is 0 Å². The van der Waals surface area contributed by atoms with Crippen molar-refractivity contribution in [2.75, 3.05) is 18.1 Å². The highest BCUT2D eigenvalue weighted by atomic mass is 32.2. The van der Waals surface area contributed by atoms with Crippen molar-refractivity contribution in [3.8, 4) is 5.75 Å². The van der Waals surface area contributed by atoms with Gasteiger partial charge >= 0.3 is 0 Å². The zero-order chi connectivity index (χ0) is 12.5. The molecule has 1 rings (SSSR count). The van der Waals surface area contributed by atoms with Gasteiger partial charge in [-0.2, -0.15) is 11.8 Å². The van der Waals surface area contributed by atoms with Gasteiger partial charge in [0.15, 0.2) is 0 Å². The SMILES string of the molecule is CCSCCCOc1cccc(/C(C)=N/O)c1. The Kier molecular flexibility index (Phi) is 6.55. The lowest BCUT2D eigenvalue weighted by molar-refractivity contribution is 0.317. The Labute approximate surface area is 107 Å². The second kappa shape index (κ2) is 8.01. The minimum atomic E-state index is 0.594. The van der Waals surface area contributed by atoms with Crippen molar-refractivity contribution >= 4 is 17.5 Å². The number of oxime groups is 1. The second-order valence-electron chi connectivity index (χ2n) is 3.61. The van der Waals surface area contributed by atoms with E-state index in [2.05, 4.69) is 12.1 Å². The zero-order valence-electron chi connectivity index (χ0n) is 10.3. The van der Waals surface area contributed by atoms with Gasteiger partial charge in [0.05, 0.1) is 12.3 Å². The van der Waals surface area contributed by atoms with Crippen LogP contribution < -0.4 is 4.74 Å². The first-order chi connectivity index (χ1) is 8.27. The van der Waals surface area contributed by atoms with Gasteiger partial charge in [0, 0.05) is 5.56 Å². The smallest absolute Gasteiger partial charge is 0.119 e. The number of thioether (sulfide) groups is 1. The maximum Gasteiger partial charge on any atom is 0.119 e. The lowest BCUT2D eigenvalue weighted by Crippen LogP contribution is -2.00. The van der Waals surface area contributed by atoms with Crippen molar-refractivity contribution in [2.24, 2.45) is 5.16 Å². The third-order valence-electron chi connectivity index (χ3n) is 2.31. The summed E-state index contributed by atoms with van der Waals surface area (Å²) in [7, 11) is 0. The molecule has 0 bridgehead atoms. The highest BCUT2D eigenvalue weighted by Crippen LogP contribution is 2.14. The molecule has 94 valence electrons. The third kappa shape index (κ3) is 5.13. The van der Waals surface area contributed by atoms with Crippen molar-refractivity contribution in [3.05, 3.63) is 29.8 Å². The van der Waals surface area contributed by atoms with Gasteiger partial charge in [-0.15, -0.1) is 0 Å². The number of nitrogens with zero attached hydrogens (tertiary/aromatic N) is 1. The molecule has 0 atom stereocenters. The van der Waals surface area contributed by atoms with Crippen LogP contribution in [0.25, 0.3) is 0 Å². The molecule has 0 aliphatic rings. The molecule has 1 N–H and O–H groups in total. The fraction of sp³-hybridized carbons (Fsp3) is 0.462. The van der Waals surface area contributed by atoms with Crippen molar-refractivity contribution in [3.63, 3.8) is 0 Å². The van der Waals surface area contributed by atoms with E-state index in [1.807, 2.05) is 36.0 Å². The minimum Gasteiger partial charge on any atom is -0.494 e. The summed E-state index contributed by atoms with van der Waals surface area (Å²) in [4.78, 5) is 0. The molecule has 0 aliphatic heterocycles. The fourth-order valence-electron chi connectivity index (χ4n) is 1.36. The number of rotatable bonds is 7. The molecule has 0 saturated carbocycles. The van der Waals surface area contributed by atoms with Gasteiger partial charge in [0.2, 0.25) is 0 Å². The lowest BCUT2D eigenvalue weighted by atomic mass is 10.1. The van der Waals surface area contributed by atoms with E-state index in [-0.39, 0.29) is 0 Å². The Balaban J connectivity index is 2.43. The maximum absolute atomic E-state index is 8.70. The van der Waals surface area contributed by atoms with Crippen LogP contribution in [-0.4, -0.2) is 29.0 Å². The molecule has 0 amide bonds. The van der Waals surface area contributed by atoms with E-state index in [4.69, 9.17) is 9.94 Å². The molecule has 17 heavy (non-hydrogen) atoms. The molecule has 0 heterocycles. The van der Waals surface area contributed by atoms with Crippen LogP contribution in [0, 0.1) is 0 Å². The predicted molar refractivity (Wildman–Crippen MR) is 73.6 cm³/mol. The van der Waals surface area contributed by atoms with E-state index >= 15 is 0 Å². The van der Waals surface area contributed by atoms with Gasteiger partial charge < -0.3 is 9.94 Å². The molecule has 0 unspecified atom stereocenters. The first-order valence-corrected chi connectivity index (χ1v) is 6.93. The highest BCUT2D eigenvalue weighted by Gasteiger charge is 2.00. The molecular weight excluding hydrogens is 234 g/mol. The average Bonchev–Trinajstić information content (AvgIpc) is 2.38. The first kappa shape index (κ1) is 13.9. The summed E-state index contributed by atoms with van der Waals surface area (Å²) >= 11 is 1.92. The summed E-state index contributed by atoms with van der Waals surface area (Å²) < 4.78 is 5.64. The monoisotopic (exact) mass is 253 g/mol. The maximum atomic E-state index is 8.70. The molecule has 1 aromatic carbocycles. The lowest BCUT2D eigenvalue weighted by Gasteiger charge is -2.07. The van der Waals surface area contributed by atoms with E-state index < -0.39 is 0 Å². The van der Waals surface area contributed by atoms with Gasteiger partial charge in [-0.25, -0.2) is 0 Å². The van der Waals surface area contributed by atoms with E-state index in [0.29, 0.717) is 5.71 Å². The number of hydrogen-bond acceptors (Lipinski definition) is 4. The molecular formula is C13H19NO2S. The van der Waals surface area contributed by atoms with Gasteiger partial charge in [0.25, 0.3) is 0 Å². The molecule has 0 radical (unpaired) electrons. The molecule has 1 aromatic rings. The fourth-order valence-corrected chi connectivity index (χ4v) is 1.97. The van der Waals surface area contributed by atoms with Crippen molar-refractivity contribution in [1.29, 1.82) is 0 Å². The summed E-state index contributed by atoms with van der Waals surface area (Å²) in [6.45, 7) is 4.65. The van der Waals surface area contributed by atoms with Gasteiger partial charge in [-0.1, -0.05) is 24.2 Å². The summed E-state index contributed by atoms with van der Waals surface area (Å²) in [5.41, 5.74) is 1.48. The Bertz CT molecular complexity index is 366. The third-order valence-corrected chi connectivity index (χ3v) is 3.29. The van der Waals surface area contributed by atoms with Gasteiger partial charge in [-0.3, -0.25) is 0 Å². The van der Waals surface area contributed by atoms with E-state index in [1.54, 1.807) is 6.92 Å². The molecule has 0 saturated heterocycles. The standard InChI is InChI=1S/C13H19NO2S/c1-3-17-9-5-8-16-13-7-4-6-12(10-13)11(2)14-15/h4,6-7,10,15H,3,5,8-9H2,1-2H3/b14-11+. The first-order valence-electron chi connectivity index (χ1n) is 5.77. The van der Waals surface area contributed by atoms with Crippen molar-refractivity contribution < 1.29 is 9.94 Å². The molecule has 0 aromatic heterocycles. The van der Waals surface area contributed by atoms with Crippen LogP contribution in [-0.2, 0) is 0 Å². The largest absolute Gasteiger partial charge is 0.494 e. The van der Waals surface area contributed by atoms with Crippen LogP contribution in [0.5, 0.6) is 5.75 Å². The van der Waals surface area contributed by atoms with Crippen LogP contribution >= 0.6 is 11.8 Å². The second-order valence-corrected chi connectivity index (χ2v) is 5.01. The van der Waals surface area contributed by atoms with E-state index in [0.717, 1.165) is 35.8 Å². The summed E-state index contributed by atoms with van der Waals surface area (Å²) in [6, 6.07) is 7.61. The molecule has 4 heteroatoms. The Morgan fingerprint density at radius 2 is 2.29 bits per heavy atom. The topological polar surface area (TPSA) is 41.8 Å². The van der Waals surface area contributed by atoms with Gasteiger partial charge in [0.1, 0.15) is 5.75 Å². The normalized spacial score (nSPS) is 11.5. The average molecular weight is 253 g/mol. The minimum absolute atomic E-state index is 0.594. The zero-order valence-corrected chi connectivity index (χ0v) is 11.2. The highest BCUT2D eigenvalue weighted by molar-refractivity contribution is 7.99. The van der Waals surface area contributed by atoms with Crippen molar-refractivity contribution in [2.45, 2.75) is 20.3 Å². The summed E-state index contributed by atoms with van der Waals surface area (Å²) in [5, 5.41) is 11.9. The Morgan fingerprint density at radius 3 is 3.00 bits per heavy atom. The van der Waals surface area contributed by atoms with Crippen molar-refractivity contribution in [1.82, 2.24) is 0 Å². The Hall–Kier alpha value is -1.16. The van der Waals surface area contributed by atoms with E-state index in [9.17, 15) is 0 Å². The van der Waals surface area contributed by atoms with Crippen LogP contribution in [0.3, 0.4) is 0 Å². The molecule has 0 fully saturated rings. The Morgan fingerprint density at radius 1 is 1.47 bits per heavy atom. The van der Waals surface area contributed by atoms with Crippen LogP contribution in [0.15, 0.2) is 29.4 Å². The molecule has 0 aliphatic carbocycles. The predicted octanol–water partition coefficient (Wildman–Crippen LogP) is 3.41. The number of ether oxygens (including phenoxy) is 1. The van der Waals surface area contributed by atoms with Crippen LogP contribution in [0.1, 0.15) is 25.8 Å². The van der Waals surface area contributed by atoms with Crippen LogP contribution in [0.2, 0.25) is 0 Å². The number of hydrogen-bond donors (Lipinski definition) is 1.